The summed E-state index contributed by atoms with van der Waals surface area (Å²) in [6.45, 7) is 5.63. The average Bonchev–Trinajstić information content (AvgIpc) is 3.31. The highest BCUT2D eigenvalue weighted by Gasteiger charge is 2.36. The zero-order valence-corrected chi connectivity index (χ0v) is 15.8. The summed E-state index contributed by atoms with van der Waals surface area (Å²) >= 11 is 6.12. The van der Waals surface area contributed by atoms with Crippen LogP contribution in [0.25, 0.3) is 0 Å². The number of rotatable bonds is 6. The van der Waals surface area contributed by atoms with Gasteiger partial charge in [0.05, 0.1) is 19.2 Å². The fraction of sp³-hybridized carbons (Fsp3) is 0.611. The summed E-state index contributed by atoms with van der Waals surface area (Å²) in [6, 6.07) is 8.73. The number of ether oxygens (including phenoxy) is 1. The summed E-state index contributed by atoms with van der Waals surface area (Å²) in [5.41, 5.74) is 1.18. The molecule has 2 atom stereocenters. The predicted molar refractivity (Wildman–Crippen MR) is 99.2 cm³/mol. The minimum Gasteiger partial charge on any atom is -0.383 e. The lowest BCUT2D eigenvalue weighted by Crippen LogP contribution is -2.51. The van der Waals surface area contributed by atoms with Crippen LogP contribution in [-0.2, 0) is 11.3 Å². The summed E-state index contributed by atoms with van der Waals surface area (Å²) in [5.74, 6) is 0.871. The van der Waals surface area contributed by atoms with Crippen molar-refractivity contribution >= 4 is 11.6 Å². The summed E-state index contributed by atoms with van der Waals surface area (Å²) < 4.78 is 7.08. The largest absolute Gasteiger partial charge is 0.383 e. The highest BCUT2D eigenvalue weighted by Crippen LogP contribution is 2.32. The highest BCUT2D eigenvalue weighted by molar-refractivity contribution is 6.30. The van der Waals surface area contributed by atoms with E-state index in [1.165, 1.54) is 24.9 Å². The standard InChI is InChI=1S/C18H25ClN6O/c1-26-12-11-25-18(20-21-22-25)17(14-4-6-15(19)7-5-14)24-10-9-23-8-2-3-16(23)13-24/h4-7,16-17H,2-3,8-13H2,1H3/t16-,17+/m0/s1. The van der Waals surface area contributed by atoms with Gasteiger partial charge in [0.15, 0.2) is 5.82 Å². The third kappa shape index (κ3) is 3.62. The Kier molecular flexibility index (Phi) is 5.49. The Hall–Kier alpha value is -1.54. The van der Waals surface area contributed by atoms with Gasteiger partial charge in [-0.3, -0.25) is 9.80 Å². The number of piperazine rings is 1. The molecule has 0 unspecified atom stereocenters. The van der Waals surface area contributed by atoms with E-state index < -0.39 is 0 Å². The van der Waals surface area contributed by atoms with Gasteiger partial charge in [-0.1, -0.05) is 23.7 Å². The lowest BCUT2D eigenvalue weighted by atomic mass is 10.0. The smallest absolute Gasteiger partial charge is 0.173 e. The van der Waals surface area contributed by atoms with Gasteiger partial charge in [-0.25, -0.2) is 4.68 Å². The Morgan fingerprint density at radius 2 is 2.08 bits per heavy atom. The first-order chi connectivity index (χ1) is 12.8. The van der Waals surface area contributed by atoms with Gasteiger partial charge in [0.2, 0.25) is 0 Å². The molecule has 3 heterocycles. The van der Waals surface area contributed by atoms with Crippen LogP contribution in [0.2, 0.25) is 5.02 Å². The number of aromatic nitrogens is 4. The molecule has 1 aromatic carbocycles. The van der Waals surface area contributed by atoms with Gasteiger partial charge in [0.25, 0.3) is 0 Å². The Labute approximate surface area is 158 Å². The second-order valence-electron chi connectivity index (χ2n) is 7.03. The van der Waals surface area contributed by atoms with Gasteiger partial charge in [0.1, 0.15) is 0 Å². The number of fused-ring (bicyclic) bond motifs is 1. The summed E-state index contributed by atoms with van der Waals surface area (Å²) in [5, 5.41) is 13.3. The van der Waals surface area contributed by atoms with Crippen LogP contribution in [0.1, 0.15) is 30.3 Å². The third-order valence-electron chi connectivity index (χ3n) is 5.48. The van der Waals surface area contributed by atoms with Crippen LogP contribution in [0.4, 0.5) is 0 Å². The van der Waals surface area contributed by atoms with Crippen molar-refractivity contribution in [3.05, 3.63) is 40.7 Å². The summed E-state index contributed by atoms with van der Waals surface area (Å²) in [4.78, 5) is 5.13. The van der Waals surface area contributed by atoms with Gasteiger partial charge < -0.3 is 4.74 Å². The number of methoxy groups -OCH3 is 1. The number of tetrazole rings is 1. The van der Waals surface area contributed by atoms with E-state index in [0.717, 1.165) is 30.5 Å². The quantitative estimate of drug-likeness (QED) is 0.766. The van der Waals surface area contributed by atoms with Crippen molar-refractivity contribution in [1.82, 2.24) is 30.0 Å². The number of nitrogens with zero attached hydrogens (tertiary/aromatic N) is 6. The van der Waals surface area contributed by atoms with Crippen LogP contribution in [0.5, 0.6) is 0 Å². The van der Waals surface area contributed by atoms with E-state index in [9.17, 15) is 0 Å². The average molecular weight is 377 g/mol. The molecule has 26 heavy (non-hydrogen) atoms. The van der Waals surface area contributed by atoms with Crippen LogP contribution in [-0.4, -0.2) is 75.9 Å². The fourth-order valence-corrected chi connectivity index (χ4v) is 4.29. The molecule has 0 radical (unpaired) electrons. The van der Waals surface area contributed by atoms with E-state index in [-0.39, 0.29) is 6.04 Å². The van der Waals surface area contributed by atoms with Crippen LogP contribution in [0.15, 0.2) is 24.3 Å². The summed E-state index contributed by atoms with van der Waals surface area (Å²) in [7, 11) is 1.69. The molecule has 7 nitrogen and oxygen atoms in total. The molecule has 0 N–H and O–H groups in total. The van der Waals surface area contributed by atoms with E-state index in [4.69, 9.17) is 16.3 Å². The maximum Gasteiger partial charge on any atom is 0.173 e. The molecule has 2 saturated heterocycles. The summed E-state index contributed by atoms with van der Waals surface area (Å²) in [6.07, 6.45) is 2.58. The second kappa shape index (κ2) is 8.00. The van der Waals surface area contributed by atoms with Crippen molar-refractivity contribution in [1.29, 1.82) is 0 Å². The number of halogens is 1. The van der Waals surface area contributed by atoms with Crippen molar-refractivity contribution < 1.29 is 4.74 Å². The van der Waals surface area contributed by atoms with Crippen LogP contribution in [0, 0.1) is 0 Å². The number of hydrogen-bond acceptors (Lipinski definition) is 6. The van der Waals surface area contributed by atoms with E-state index in [0.29, 0.717) is 19.2 Å². The highest BCUT2D eigenvalue weighted by atomic mass is 35.5. The van der Waals surface area contributed by atoms with E-state index in [1.807, 2.05) is 16.8 Å². The van der Waals surface area contributed by atoms with Crippen molar-refractivity contribution in [3.63, 3.8) is 0 Å². The monoisotopic (exact) mass is 376 g/mol. The first kappa shape index (κ1) is 17.9. The molecule has 0 spiro atoms. The minimum absolute atomic E-state index is 0.0295. The van der Waals surface area contributed by atoms with Gasteiger partial charge in [-0.2, -0.15) is 0 Å². The molecule has 1 aromatic heterocycles. The molecule has 4 rings (SSSR count). The predicted octanol–water partition coefficient (Wildman–Crippen LogP) is 1.84. The lowest BCUT2D eigenvalue weighted by molar-refractivity contribution is 0.0785. The Morgan fingerprint density at radius 1 is 1.23 bits per heavy atom. The van der Waals surface area contributed by atoms with Gasteiger partial charge in [-0.15, -0.1) is 5.10 Å². The molecule has 140 valence electrons. The first-order valence-electron chi connectivity index (χ1n) is 9.25. The minimum atomic E-state index is 0.0295. The Balaban J connectivity index is 1.66. The van der Waals surface area contributed by atoms with Gasteiger partial charge in [0, 0.05) is 37.8 Å². The molecule has 8 heteroatoms. The fourth-order valence-electron chi connectivity index (χ4n) is 4.16. The molecule has 2 fully saturated rings. The maximum absolute atomic E-state index is 6.12. The van der Waals surface area contributed by atoms with Gasteiger partial charge >= 0.3 is 0 Å². The van der Waals surface area contributed by atoms with Crippen molar-refractivity contribution in [3.8, 4) is 0 Å². The second-order valence-corrected chi connectivity index (χ2v) is 7.47. The molecular weight excluding hydrogens is 352 g/mol. The van der Waals surface area contributed by atoms with E-state index in [2.05, 4.69) is 37.5 Å². The van der Waals surface area contributed by atoms with Crippen LogP contribution in [0.3, 0.4) is 0 Å². The molecular formula is C18H25ClN6O. The van der Waals surface area contributed by atoms with Crippen LogP contribution >= 0.6 is 11.6 Å². The Bertz CT molecular complexity index is 721. The van der Waals surface area contributed by atoms with Crippen molar-refractivity contribution in [2.45, 2.75) is 31.5 Å². The SMILES string of the molecule is COCCn1nnnc1[C@@H](c1ccc(Cl)cc1)N1CCN2CCC[C@H]2C1. The normalized spacial score (nSPS) is 22.5. The third-order valence-corrected chi connectivity index (χ3v) is 5.73. The maximum atomic E-state index is 6.12. The molecule has 0 bridgehead atoms. The molecule has 2 aliphatic heterocycles. The number of benzene rings is 1. The number of hydrogen-bond donors (Lipinski definition) is 0. The van der Waals surface area contributed by atoms with E-state index >= 15 is 0 Å². The molecule has 0 saturated carbocycles. The molecule has 0 amide bonds. The van der Waals surface area contributed by atoms with Crippen LogP contribution < -0.4 is 0 Å². The van der Waals surface area contributed by atoms with Crippen molar-refractivity contribution in [2.75, 3.05) is 39.9 Å². The zero-order valence-electron chi connectivity index (χ0n) is 15.1. The first-order valence-corrected chi connectivity index (χ1v) is 9.62. The van der Waals surface area contributed by atoms with Gasteiger partial charge in [-0.05, 0) is 47.5 Å². The Morgan fingerprint density at radius 3 is 2.88 bits per heavy atom. The topological polar surface area (TPSA) is 59.3 Å². The van der Waals surface area contributed by atoms with E-state index in [1.54, 1.807) is 7.11 Å². The zero-order chi connectivity index (χ0) is 17.9. The molecule has 0 aliphatic carbocycles. The molecule has 2 aliphatic rings. The molecule has 2 aromatic rings. The lowest BCUT2D eigenvalue weighted by Gasteiger charge is -2.41. The van der Waals surface area contributed by atoms with Crippen molar-refractivity contribution in [2.24, 2.45) is 0 Å².